The molecule has 0 saturated heterocycles. The number of rotatable bonds is 6. The standard InChI is InChI=1S/C14H17F5O5S2/c1-4-11(20)24-12(13(15,16)17)14(18,19)26(21,22,23)25(2,3)10-8-6-5-7-9-10/h4-9,12H,1H2,2-3H3,(H2,21,22,23). The minimum Gasteiger partial charge on any atom is -0.442 e. The fraction of sp³-hybridized carbons (Fsp3) is 0.357. The molecule has 0 spiro atoms. The molecular weight excluding hydrogens is 407 g/mol. The molecule has 12 heteroatoms. The van der Waals surface area contributed by atoms with E-state index in [0.29, 0.717) is 0 Å². The second-order valence-electron chi connectivity index (χ2n) is 5.47. The van der Waals surface area contributed by atoms with Gasteiger partial charge in [0.1, 0.15) is 0 Å². The Morgan fingerprint density at radius 1 is 1.19 bits per heavy atom. The van der Waals surface area contributed by atoms with E-state index in [1.165, 1.54) is 18.2 Å². The van der Waals surface area contributed by atoms with Crippen molar-refractivity contribution < 1.29 is 44.8 Å². The van der Waals surface area contributed by atoms with Crippen molar-refractivity contribution in [3.8, 4) is 0 Å². The van der Waals surface area contributed by atoms with Gasteiger partial charge in [0.2, 0.25) is 0 Å². The minimum absolute atomic E-state index is 0.177. The van der Waals surface area contributed by atoms with Gasteiger partial charge in [-0.25, -0.2) is 9.00 Å². The SMILES string of the molecule is C=CC(=O)OC(C(F)(F)F)C(F)(F)S(=O)(O)(O)S(C)(C)c1ccccc1. The van der Waals surface area contributed by atoms with E-state index in [1.807, 2.05) is 0 Å². The van der Waals surface area contributed by atoms with Crippen molar-refractivity contribution in [1.29, 1.82) is 0 Å². The Kier molecular flexibility index (Phi) is 5.71. The number of carbonyl (C=O) groups is 1. The van der Waals surface area contributed by atoms with E-state index in [1.54, 1.807) is 0 Å². The van der Waals surface area contributed by atoms with E-state index in [0.717, 1.165) is 24.6 Å². The lowest BCUT2D eigenvalue weighted by molar-refractivity contribution is -0.258. The van der Waals surface area contributed by atoms with Gasteiger partial charge in [0.05, 0.1) is 0 Å². The normalized spacial score (nSPS) is 16.9. The molecule has 5 nitrogen and oxygen atoms in total. The molecule has 0 bridgehead atoms. The van der Waals surface area contributed by atoms with Gasteiger partial charge in [-0.05, 0) is 24.6 Å². The van der Waals surface area contributed by atoms with Gasteiger partial charge in [-0.1, -0.05) is 24.8 Å². The van der Waals surface area contributed by atoms with Gasteiger partial charge in [0, 0.05) is 11.0 Å². The van der Waals surface area contributed by atoms with Crippen molar-refractivity contribution in [3.05, 3.63) is 43.0 Å². The van der Waals surface area contributed by atoms with Crippen molar-refractivity contribution in [1.82, 2.24) is 0 Å². The van der Waals surface area contributed by atoms with Crippen molar-refractivity contribution in [2.45, 2.75) is 22.4 Å². The van der Waals surface area contributed by atoms with Crippen LogP contribution in [0.2, 0.25) is 0 Å². The van der Waals surface area contributed by atoms with Crippen LogP contribution in [0.4, 0.5) is 22.0 Å². The van der Waals surface area contributed by atoms with Crippen LogP contribution in [-0.2, 0) is 18.2 Å². The zero-order chi connectivity index (χ0) is 20.6. The van der Waals surface area contributed by atoms with Crippen LogP contribution in [0.15, 0.2) is 47.9 Å². The Labute approximate surface area is 147 Å². The van der Waals surface area contributed by atoms with Crippen LogP contribution >= 0.6 is 9.06 Å². The molecule has 0 aromatic heterocycles. The van der Waals surface area contributed by atoms with Crippen LogP contribution in [0.1, 0.15) is 0 Å². The van der Waals surface area contributed by atoms with E-state index in [-0.39, 0.29) is 11.0 Å². The number of esters is 1. The molecule has 0 radical (unpaired) electrons. The number of hydrogen-bond acceptors (Lipinski definition) is 3. The first kappa shape index (κ1) is 22.5. The molecule has 0 saturated carbocycles. The maximum absolute atomic E-state index is 14.6. The number of halogens is 5. The maximum Gasteiger partial charge on any atom is 0.432 e. The number of ether oxygens (including phenoxy) is 1. The summed E-state index contributed by atoms with van der Waals surface area (Å²) in [5.41, 5.74) is 0. The largest absolute Gasteiger partial charge is 0.442 e. The molecule has 0 aliphatic rings. The fourth-order valence-corrected chi connectivity index (χ4v) is 7.44. The van der Waals surface area contributed by atoms with Crippen LogP contribution in [0, 0.1) is 0 Å². The Morgan fingerprint density at radius 2 is 1.65 bits per heavy atom. The number of hydrogen-bond donors (Lipinski definition) is 2. The minimum atomic E-state index is -7.37. The lowest BCUT2D eigenvalue weighted by Gasteiger charge is -2.53. The predicted molar refractivity (Wildman–Crippen MR) is 88.6 cm³/mol. The predicted octanol–water partition coefficient (Wildman–Crippen LogP) is 4.04. The van der Waals surface area contributed by atoms with E-state index < -0.39 is 41.2 Å². The first-order chi connectivity index (χ1) is 11.5. The molecule has 150 valence electrons. The molecule has 1 unspecified atom stereocenters. The van der Waals surface area contributed by atoms with Crippen molar-refractivity contribution >= 4 is 23.7 Å². The molecule has 1 aromatic carbocycles. The van der Waals surface area contributed by atoms with Gasteiger partial charge < -0.3 is 4.74 Å². The molecule has 2 N–H and O–H groups in total. The third-order valence-electron chi connectivity index (χ3n) is 3.53. The van der Waals surface area contributed by atoms with Gasteiger partial charge in [-0.15, -0.1) is 9.06 Å². The zero-order valence-electron chi connectivity index (χ0n) is 13.6. The third kappa shape index (κ3) is 3.50. The van der Waals surface area contributed by atoms with Crippen LogP contribution in [-0.4, -0.2) is 49.3 Å². The number of alkyl halides is 5. The summed E-state index contributed by atoms with van der Waals surface area (Å²) in [5, 5.41) is -5.76. The van der Waals surface area contributed by atoms with Crippen LogP contribution in [0.5, 0.6) is 0 Å². The summed E-state index contributed by atoms with van der Waals surface area (Å²) in [6, 6.07) is 6.26. The van der Waals surface area contributed by atoms with Gasteiger partial charge in [0.15, 0.2) is 8.66 Å². The Balaban J connectivity index is 3.65. The van der Waals surface area contributed by atoms with Crippen molar-refractivity contribution in [3.63, 3.8) is 0 Å². The molecule has 1 aromatic rings. The summed E-state index contributed by atoms with van der Waals surface area (Å²) >= 11 is 0. The average Bonchev–Trinajstić information content (AvgIpc) is 2.50. The fourth-order valence-electron chi connectivity index (χ4n) is 1.87. The average molecular weight is 424 g/mol. The van der Waals surface area contributed by atoms with E-state index in [4.69, 9.17) is 0 Å². The smallest absolute Gasteiger partial charge is 0.432 e. The summed E-state index contributed by atoms with van der Waals surface area (Å²) < 4.78 is 105. The first-order valence-electron chi connectivity index (χ1n) is 6.70. The van der Waals surface area contributed by atoms with Crippen LogP contribution < -0.4 is 0 Å². The Hall–Kier alpha value is -1.50. The molecule has 26 heavy (non-hydrogen) atoms. The Morgan fingerprint density at radius 3 is 2.04 bits per heavy atom. The van der Waals surface area contributed by atoms with Crippen LogP contribution in [0.3, 0.4) is 0 Å². The lowest BCUT2D eigenvalue weighted by Crippen LogP contribution is -2.63. The monoisotopic (exact) mass is 424 g/mol. The molecular formula is C14H17F5O5S2. The third-order valence-corrected chi connectivity index (χ3v) is 13.3. The highest BCUT2D eigenvalue weighted by atomic mass is 33.2. The van der Waals surface area contributed by atoms with Gasteiger partial charge in [-0.3, -0.25) is 9.11 Å². The molecule has 0 fully saturated rings. The molecule has 1 atom stereocenters. The van der Waals surface area contributed by atoms with Crippen molar-refractivity contribution in [2.75, 3.05) is 12.5 Å². The molecule has 0 aliphatic carbocycles. The lowest BCUT2D eigenvalue weighted by atomic mass is 10.3. The van der Waals surface area contributed by atoms with E-state index in [9.17, 15) is 40.1 Å². The topological polar surface area (TPSA) is 83.8 Å². The maximum atomic E-state index is 14.6. The first-order valence-corrected chi connectivity index (χ1v) is 11.5. The summed E-state index contributed by atoms with van der Waals surface area (Å²) in [6.07, 6.45) is -8.61. The zero-order valence-corrected chi connectivity index (χ0v) is 15.2. The van der Waals surface area contributed by atoms with Gasteiger partial charge in [0.25, 0.3) is 6.10 Å². The highest BCUT2D eigenvalue weighted by Gasteiger charge is 2.75. The van der Waals surface area contributed by atoms with Gasteiger partial charge in [-0.2, -0.15) is 22.0 Å². The summed E-state index contributed by atoms with van der Waals surface area (Å²) in [4.78, 5) is 10.8. The second-order valence-corrected chi connectivity index (χ2v) is 14.8. The Bertz CT molecular complexity index is 755. The van der Waals surface area contributed by atoms with Crippen molar-refractivity contribution in [2.24, 2.45) is 0 Å². The molecule has 0 aliphatic heterocycles. The van der Waals surface area contributed by atoms with Crippen LogP contribution in [0.25, 0.3) is 0 Å². The molecule has 1 rings (SSSR count). The van der Waals surface area contributed by atoms with E-state index in [2.05, 4.69) is 11.3 Å². The van der Waals surface area contributed by atoms with Gasteiger partial charge >= 0.3 is 17.4 Å². The van der Waals surface area contributed by atoms with E-state index >= 15 is 0 Å². The molecule has 0 amide bonds. The number of benzene rings is 1. The molecule has 0 heterocycles. The second kappa shape index (κ2) is 6.59. The highest BCUT2D eigenvalue weighted by molar-refractivity contribution is 8.97. The number of carbonyl (C=O) groups excluding carboxylic acids is 1. The summed E-state index contributed by atoms with van der Waals surface area (Å²) in [6.45, 7) is 2.78. The quantitative estimate of drug-likeness (QED) is 0.312. The summed E-state index contributed by atoms with van der Waals surface area (Å²) in [7, 11) is -11.2. The summed E-state index contributed by atoms with van der Waals surface area (Å²) in [5.74, 6) is -1.90. The highest BCUT2D eigenvalue weighted by Crippen LogP contribution is 2.71.